The molecule has 0 radical (unpaired) electrons. The van der Waals surface area contributed by atoms with Crippen LogP contribution in [0.5, 0.6) is 11.5 Å². The van der Waals surface area contributed by atoms with E-state index in [-0.39, 0.29) is 0 Å². The molecule has 0 heterocycles. The first-order chi connectivity index (χ1) is 17.2. The van der Waals surface area contributed by atoms with E-state index >= 15 is 0 Å². The maximum absolute atomic E-state index is 5.95. The molecular formula is C32H39NO2. The molecule has 0 unspecified atom stereocenters. The molecule has 3 nitrogen and oxygen atoms in total. The van der Waals surface area contributed by atoms with Gasteiger partial charge in [0.05, 0.1) is 13.2 Å². The van der Waals surface area contributed by atoms with Crippen molar-refractivity contribution in [1.82, 2.24) is 0 Å². The van der Waals surface area contributed by atoms with Crippen molar-refractivity contribution in [1.29, 1.82) is 0 Å². The van der Waals surface area contributed by atoms with Crippen LogP contribution in [0.4, 0.5) is 17.1 Å². The van der Waals surface area contributed by atoms with Crippen LogP contribution in [0, 0.1) is 12.3 Å². The van der Waals surface area contributed by atoms with E-state index in [9.17, 15) is 0 Å². The van der Waals surface area contributed by atoms with Gasteiger partial charge >= 0.3 is 0 Å². The van der Waals surface area contributed by atoms with Crippen LogP contribution in [0.2, 0.25) is 0 Å². The highest BCUT2D eigenvalue weighted by Gasteiger charge is 2.13. The van der Waals surface area contributed by atoms with E-state index in [0.29, 0.717) is 0 Å². The van der Waals surface area contributed by atoms with Crippen LogP contribution in [-0.4, -0.2) is 13.2 Å². The zero-order valence-electron chi connectivity index (χ0n) is 21.3. The second-order valence-corrected chi connectivity index (χ2v) is 8.83. The summed E-state index contributed by atoms with van der Waals surface area (Å²) in [5.74, 6) is 4.51. The van der Waals surface area contributed by atoms with Crippen molar-refractivity contribution in [2.24, 2.45) is 0 Å². The van der Waals surface area contributed by atoms with Gasteiger partial charge in [0, 0.05) is 22.6 Å². The number of ether oxygens (including phenoxy) is 2. The van der Waals surface area contributed by atoms with Crippen LogP contribution in [0.3, 0.4) is 0 Å². The van der Waals surface area contributed by atoms with Crippen molar-refractivity contribution in [2.75, 3.05) is 18.1 Å². The molecule has 184 valence electrons. The highest BCUT2D eigenvalue weighted by Crippen LogP contribution is 2.36. The minimum atomic E-state index is 0.760. The van der Waals surface area contributed by atoms with Crippen molar-refractivity contribution in [3.63, 3.8) is 0 Å². The normalized spacial score (nSPS) is 10.5. The summed E-state index contributed by atoms with van der Waals surface area (Å²) >= 11 is 0. The number of unbranched alkanes of at least 4 members (excludes halogenated alkanes) is 6. The minimum absolute atomic E-state index is 0.760. The number of anilines is 3. The first-order valence-corrected chi connectivity index (χ1v) is 13.1. The summed E-state index contributed by atoms with van der Waals surface area (Å²) < 4.78 is 11.9. The number of hydrogen-bond donors (Lipinski definition) is 0. The van der Waals surface area contributed by atoms with E-state index in [1.54, 1.807) is 0 Å². The van der Waals surface area contributed by atoms with E-state index in [2.05, 4.69) is 61.1 Å². The maximum atomic E-state index is 5.95. The molecule has 0 bridgehead atoms. The first kappa shape index (κ1) is 26.2. The number of benzene rings is 3. The van der Waals surface area contributed by atoms with Gasteiger partial charge in [-0.1, -0.05) is 58.3 Å². The number of nitrogens with zero attached hydrogens (tertiary/aromatic N) is 1. The van der Waals surface area contributed by atoms with Crippen LogP contribution in [0.15, 0.2) is 72.8 Å². The Hall–Kier alpha value is -3.38. The highest BCUT2D eigenvalue weighted by atomic mass is 16.5. The van der Waals surface area contributed by atoms with Crippen LogP contribution in [-0.2, 0) is 0 Å². The lowest BCUT2D eigenvalue weighted by atomic mass is 10.1. The van der Waals surface area contributed by atoms with Gasteiger partial charge in [-0.3, -0.25) is 0 Å². The molecule has 0 aliphatic carbocycles. The maximum Gasteiger partial charge on any atom is 0.119 e. The van der Waals surface area contributed by atoms with Gasteiger partial charge in [0.2, 0.25) is 0 Å². The third-order valence-corrected chi connectivity index (χ3v) is 6.02. The van der Waals surface area contributed by atoms with Crippen molar-refractivity contribution >= 4 is 17.1 Å². The fourth-order valence-corrected chi connectivity index (χ4v) is 3.97. The summed E-state index contributed by atoms with van der Waals surface area (Å²) in [6, 6.07) is 24.7. The average Bonchev–Trinajstić information content (AvgIpc) is 2.91. The van der Waals surface area contributed by atoms with Gasteiger partial charge in [-0.15, -0.1) is 6.42 Å². The summed E-state index contributed by atoms with van der Waals surface area (Å²) in [7, 11) is 0. The fraction of sp³-hybridized carbons (Fsp3) is 0.375. The molecular weight excluding hydrogens is 430 g/mol. The molecule has 0 aromatic heterocycles. The lowest BCUT2D eigenvalue weighted by molar-refractivity contribution is 0.305. The van der Waals surface area contributed by atoms with Crippen molar-refractivity contribution in [3.05, 3.63) is 78.4 Å². The molecule has 3 rings (SSSR count). The number of rotatable bonds is 15. The molecule has 0 N–H and O–H groups in total. The topological polar surface area (TPSA) is 21.7 Å². The molecule has 3 aromatic carbocycles. The lowest BCUT2D eigenvalue weighted by Gasteiger charge is -2.26. The van der Waals surface area contributed by atoms with E-state index in [1.807, 2.05) is 36.4 Å². The smallest absolute Gasteiger partial charge is 0.119 e. The predicted octanol–water partition coefficient (Wildman–Crippen LogP) is 9.06. The Labute approximate surface area is 212 Å². The zero-order chi connectivity index (χ0) is 24.7. The van der Waals surface area contributed by atoms with Gasteiger partial charge in [-0.25, -0.2) is 0 Å². The van der Waals surface area contributed by atoms with Gasteiger partial charge in [0.15, 0.2) is 0 Å². The largest absolute Gasteiger partial charge is 0.494 e. The van der Waals surface area contributed by atoms with Gasteiger partial charge in [-0.2, -0.15) is 0 Å². The molecule has 35 heavy (non-hydrogen) atoms. The minimum Gasteiger partial charge on any atom is -0.494 e. The van der Waals surface area contributed by atoms with E-state index in [1.165, 1.54) is 38.5 Å². The summed E-state index contributed by atoms with van der Waals surface area (Å²) in [5.41, 5.74) is 4.04. The molecule has 0 fully saturated rings. The Bertz CT molecular complexity index is 960. The molecule has 0 amide bonds. The Kier molecular flexibility index (Phi) is 11.1. The van der Waals surface area contributed by atoms with Crippen LogP contribution in [0.1, 0.15) is 70.8 Å². The van der Waals surface area contributed by atoms with E-state index < -0.39 is 0 Å². The predicted molar refractivity (Wildman–Crippen MR) is 148 cm³/mol. The second-order valence-electron chi connectivity index (χ2n) is 8.83. The molecule has 0 spiro atoms. The summed E-state index contributed by atoms with van der Waals surface area (Å²) in [4.78, 5) is 2.22. The molecule has 0 saturated carbocycles. The third-order valence-electron chi connectivity index (χ3n) is 6.02. The Morgan fingerprint density at radius 3 is 1.34 bits per heavy atom. The van der Waals surface area contributed by atoms with Gasteiger partial charge in [0.25, 0.3) is 0 Å². The van der Waals surface area contributed by atoms with Crippen LogP contribution in [0.25, 0.3) is 0 Å². The van der Waals surface area contributed by atoms with Crippen molar-refractivity contribution in [2.45, 2.75) is 65.2 Å². The number of hydrogen-bond acceptors (Lipinski definition) is 3. The van der Waals surface area contributed by atoms with E-state index in [0.717, 1.165) is 60.2 Å². The molecule has 0 saturated heterocycles. The SMILES string of the molecule is C#Cc1ccc(N(c2ccc(OCCCCCC)cc2)c2ccc(OCCCCCC)cc2)cc1. The Morgan fingerprint density at radius 2 is 0.971 bits per heavy atom. The van der Waals surface area contributed by atoms with Crippen molar-refractivity contribution in [3.8, 4) is 23.8 Å². The average molecular weight is 470 g/mol. The zero-order valence-corrected chi connectivity index (χ0v) is 21.3. The van der Waals surface area contributed by atoms with Gasteiger partial charge < -0.3 is 14.4 Å². The lowest BCUT2D eigenvalue weighted by Crippen LogP contribution is -2.10. The molecule has 3 heteroatoms. The van der Waals surface area contributed by atoms with Crippen LogP contribution < -0.4 is 14.4 Å². The highest BCUT2D eigenvalue weighted by molar-refractivity contribution is 5.77. The van der Waals surface area contributed by atoms with Gasteiger partial charge in [0.1, 0.15) is 11.5 Å². The molecule has 0 aliphatic rings. The summed E-state index contributed by atoms with van der Waals surface area (Å²) in [6.07, 6.45) is 15.2. The second kappa shape index (κ2) is 14.8. The molecule has 0 aliphatic heterocycles. The fourth-order valence-electron chi connectivity index (χ4n) is 3.97. The monoisotopic (exact) mass is 469 g/mol. The Balaban J connectivity index is 1.74. The Morgan fingerprint density at radius 1 is 0.571 bits per heavy atom. The standard InChI is InChI=1S/C32H39NO2/c1-4-7-9-11-25-34-31-21-17-29(18-22-31)33(28-15-13-27(6-3)14-16-28)30-19-23-32(24-20-30)35-26-12-10-8-5-2/h3,13-24H,4-5,7-12,25-26H2,1-2H3. The first-order valence-electron chi connectivity index (χ1n) is 13.1. The quantitative estimate of drug-likeness (QED) is 0.164. The summed E-state index contributed by atoms with van der Waals surface area (Å²) in [5, 5.41) is 0. The number of terminal acetylenes is 1. The van der Waals surface area contributed by atoms with Crippen molar-refractivity contribution < 1.29 is 9.47 Å². The van der Waals surface area contributed by atoms with Gasteiger partial charge in [-0.05, 0) is 85.6 Å². The summed E-state index contributed by atoms with van der Waals surface area (Å²) in [6.45, 7) is 5.97. The van der Waals surface area contributed by atoms with E-state index in [4.69, 9.17) is 15.9 Å². The van der Waals surface area contributed by atoms with Crippen LogP contribution >= 0.6 is 0 Å². The molecule has 3 aromatic rings. The molecule has 0 atom stereocenters. The third kappa shape index (κ3) is 8.41.